The number of benzene rings is 2. The molecule has 21 heavy (non-hydrogen) atoms. The topological polar surface area (TPSA) is 21.3 Å². The van der Waals surface area contributed by atoms with Gasteiger partial charge in [0.1, 0.15) is 17.4 Å². The Labute approximate surface area is 131 Å². The third-order valence-corrected chi connectivity index (χ3v) is 4.04. The molecule has 1 atom stereocenters. The molecule has 0 amide bonds. The molecule has 2 aromatic carbocycles. The third kappa shape index (κ3) is 4.02. The van der Waals surface area contributed by atoms with Crippen LogP contribution in [0.4, 0.5) is 8.78 Å². The van der Waals surface area contributed by atoms with E-state index in [1.807, 2.05) is 6.92 Å². The van der Waals surface area contributed by atoms with Crippen molar-refractivity contribution in [1.82, 2.24) is 5.32 Å². The molecule has 0 heterocycles. The van der Waals surface area contributed by atoms with Crippen LogP contribution < -0.4 is 10.1 Å². The fraction of sp³-hybridized carbons (Fsp3) is 0.250. The van der Waals surface area contributed by atoms with E-state index in [1.54, 1.807) is 19.2 Å². The molecule has 2 nitrogen and oxygen atoms in total. The van der Waals surface area contributed by atoms with Gasteiger partial charge in [0.25, 0.3) is 0 Å². The molecule has 0 aliphatic heterocycles. The molecule has 0 aliphatic carbocycles. The van der Waals surface area contributed by atoms with Gasteiger partial charge in [-0.25, -0.2) is 8.78 Å². The minimum Gasteiger partial charge on any atom is -0.496 e. The molecular formula is C16H16BrF2NO. The Morgan fingerprint density at radius 3 is 2.52 bits per heavy atom. The van der Waals surface area contributed by atoms with Crippen molar-refractivity contribution in [3.8, 4) is 5.75 Å². The number of rotatable bonds is 5. The lowest BCUT2D eigenvalue weighted by Gasteiger charge is -2.18. The van der Waals surface area contributed by atoms with E-state index in [0.29, 0.717) is 12.3 Å². The van der Waals surface area contributed by atoms with Gasteiger partial charge in [-0.1, -0.05) is 15.9 Å². The van der Waals surface area contributed by atoms with E-state index in [4.69, 9.17) is 4.74 Å². The number of nitrogens with one attached hydrogen (secondary N) is 1. The van der Waals surface area contributed by atoms with Crippen molar-refractivity contribution in [2.24, 2.45) is 0 Å². The van der Waals surface area contributed by atoms with Crippen LogP contribution in [0.2, 0.25) is 0 Å². The first-order chi connectivity index (χ1) is 10.0. The average molecular weight is 356 g/mol. The van der Waals surface area contributed by atoms with Crippen LogP contribution in [-0.2, 0) is 6.54 Å². The van der Waals surface area contributed by atoms with Gasteiger partial charge in [-0.05, 0) is 48.9 Å². The van der Waals surface area contributed by atoms with E-state index in [1.165, 1.54) is 24.3 Å². The molecule has 1 unspecified atom stereocenters. The van der Waals surface area contributed by atoms with E-state index >= 15 is 0 Å². The lowest BCUT2D eigenvalue weighted by atomic mass is 10.1. The summed E-state index contributed by atoms with van der Waals surface area (Å²) in [5.74, 6) is 0.0204. The summed E-state index contributed by atoms with van der Waals surface area (Å²) >= 11 is 3.39. The van der Waals surface area contributed by atoms with Crippen LogP contribution in [0.5, 0.6) is 5.75 Å². The Morgan fingerprint density at radius 2 is 1.81 bits per heavy atom. The first kappa shape index (κ1) is 15.9. The zero-order valence-electron chi connectivity index (χ0n) is 11.8. The van der Waals surface area contributed by atoms with Gasteiger partial charge in [-0.15, -0.1) is 0 Å². The molecule has 0 saturated heterocycles. The van der Waals surface area contributed by atoms with Crippen LogP contribution in [0.3, 0.4) is 0 Å². The molecule has 0 aromatic heterocycles. The molecule has 0 saturated carbocycles. The zero-order chi connectivity index (χ0) is 15.4. The minimum absolute atomic E-state index is 0.134. The molecule has 0 aliphatic rings. The van der Waals surface area contributed by atoms with E-state index in [2.05, 4.69) is 21.2 Å². The van der Waals surface area contributed by atoms with Crippen LogP contribution in [0.15, 0.2) is 40.9 Å². The standard InChI is InChI=1S/C16H16BrF2NO/c1-10(14-8-13(19)4-6-16(14)21-2)20-9-11-7-12(18)3-5-15(11)17/h3-8,10,20H,9H2,1-2H3. The van der Waals surface area contributed by atoms with Crippen molar-refractivity contribution in [2.45, 2.75) is 19.5 Å². The highest BCUT2D eigenvalue weighted by molar-refractivity contribution is 9.10. The second-order valence-electron chi connectivity index (χ2n) is 4.72. The highest BCUT2D eigenvalue weighted by Gasteiger charge is 2.13. The van der Waals surface area contributed by atoms with E-state index < -0.39 is 0 Å². The average Bonchev–Trinajstić information content (AvgIpc) is 2.47. The summed E-state index contributed by atoms with van der Waals surface area (Å²) in [6.07, 6.45) is 0. The predicted molar refractivity (Wildman–Crippen MR) is 82.3 cm³/mol. The summed E-state index contributed by atoms with van der Waals surface area (Å²) < 4.78 is 32.7. The van der Waals surface area contributed by atoms with Crippen molar-refractivity contribution >= 4 is 15.9 Å². The highest BCUT2D eigenvalue weighted by Crippen LogP contribution is 2.26. The molecule has 0 radical (unpaired) electrons. The van der Waals surface area contributed by atoms with E-state index in [-0.39, 0.29) is 17.7 Å². The predicted octanol–water partition coefficient (Wildman–Crippen LogP) is 4.59. The molecule has 2 aromatic rings. The van der Waals surface area contributed by atoms with Gasteiger partial charge in [0.15, 0.2) is 0 Å². The number of methoxy groups -OCH3 is 1. The van der Waals surface area contributed by atoms with Crippen molar-refractivity contribution in [3.63, 3.8) is 0 Å². The van der Waals surface area contributed by atoms with Crippen LogP contribution in [-0.4, -0.2) is 7.11 Å². The first-order valence-corrected chi connectivity index (χ1v) is 7.31. The molecular weight excluding hydrogens is 340 g/mol. The largest absolute Gasteiger partial charge is 0.496 e. The SMILES string of the molecule is COc1ccc(F)cc1C(C)NCc1cc(F)ccc1Br. The molecule has 112 valence electrons. The smallest absolute Gasteiger partial charge is 0.123 e. The van der Waals surface area contributed by atoms with Crippen molar-refractivity contribution in [3.05, 3.63) is 63.6 Å². The molecule has 5 heteroatoms. The number of halogens is 3. The van der Waals surface area contributed by atoms with E-state index in [0.717, 1.165) is 15.6 Å². The van der Waals surface area contributed by atoms with E-state index in [9.17, 15) is 8.78 Å². The van der Waals surface area contributed by atoms with Crippen molar-refractivity contribution in [2.75, 3.05) is 7.11 Å². The summed E-state index contributed by atoms with van der Waals surface area (Å²) in [7, 11) is 1.55. The number of ether oxygens (including phenoxy) is 1. The summed E-state index contributed by atoms with van der Waals surface area (Å²) in [4.78, 5) is 0. The summed E-state index contributed by atoms with van der Waals surface area (Å²) in [5.41, 5.74) is 1.53. The highest BCUT2D eigenvalue weighted by atomic mass is 79.9. The van der Waals surface area contributed by atoms with Crippen LogP contribution in [0.1, 0.15) is 24.1 Å². The Kier molecular flexibility index (Phi) is 5.31. The second kappa shape index (κ2) is 7.00. The molecule has 0 spiro atoms. The molecule has 0 bridgehead atoms. The lowest BCUT2D eigenvalue weighted by molar-refractivity contribution is 0.399. The van der Waals surface area contributed by atoms with Crippen molar-refractivity contribution < 1.29 is 13.5 Å². The van der Waals surface area contributed by atoms with Crippen molar-refractivity contribution in [1.29, 1.82) is 0 Å². The Morgan fingerprint density at radius 1 is 1.14 bits per heavy atom. The maximum Gasteiger partial charge on any atom is 0.123 e. The lowest BCUT2D eigenvalue weighted by Crippen LogP contribution is -2.19. The third-order valence-electron chi connectivity index (χ3n) is 3.26. The molecule has 2 rings (SSSR count). The molecule has 0 fully saturated rings. The Hall–Kier alpha value is -1.46. The molecule has 1 N–H and O–H groups in total. The normalized spacial score (nSPS) is 12.2. The summed E-state index contributed by atoms with van der Waals surface area (Å²) in [6.45, 7) is 2.36. The maximum atomic E-state index is 13.4. The van der Waals surface area contributed by atoms with Crippen LogP contribution in [0.25, 0.3) is 0 Å². The van der Waals surface area contributed by atoms with Gasteiger partial charge in [0.05, 0.1) is 7.11 Å². The van der Waals surface area contributed by atoms with Gasteiger partial charge in [0, 0.05) is 22.6 Å². The fourth-order valence-electron chi connectivity index (χ4n) is 2.10. The second-order valence-corrected chi connectivity index (χ2v) is 5.58. The van der Waals surface area contributed by atoms with Gasteiger partial charge >= 0.3 is 0 Å². The quantitative estimate of drug-likeness (QED) is 0.846. The monoisotopic (exact) mass is 355 g/mol. The summed E-state index contributed by atoms with van der Waals surface area (Å²) in [6, 6.07) is 8.79. The Balaban J connectivity index is 2.13. The minimum atomic E-state index is -0.314. The number of hydrogen-bond acceptors (Lipinski definition) is 2. The Bertz CT molecular complexity index is 634. The van der Waals surface area contributed by atoms with Gasteiger partial charge < -0.3 is 10.1 Å². The maximum absolute atomic E-state index is 13.4. The summed E-state index contributed by atoms with van der Waals surface area (Å²) in [5, 5.41) is 3.24. The first-order valence-electron chi connectivity index (χ1n) is 6.52. The number of hydrogen-bond donors (Lipinski definition) is 1. The zero-order valence-corrected chi connectivity index (χ0v) is 13.4. The van der Waals surface area contributed by atoms with Crippen LogP contribution >= 0.6 is 15.9 Å². The fourth-order valence-corrected chi connectivity index (χ4v) is 2.48. The van der Waals surface area contributed by atoms with Gasteiger partial charge in [0.2, 0.25) is 0 Å². The van der Waals surface area contributed by atoms with Gasteiger partial charge in [-0.3, -0.25) is 0 Å². The van der Waals surface area contributed by atoms with Gasteiger partial charge in [-0.2, -0.15) is 0 Å². The van der Waals surface area contributed by atoms with Crippen LogP contribution in [0, 0.1) is 11.6 Å².